The maximum atomic E-state index is 5.28. The van der Waals surface area contributed by atoms with Gasteiger partial charge in [-0.25, -0.2) is 0 Å². The lowest BCUT2D eigenvalue weighted by molar-refractivity contribution is 0.353. The number of hydrogen-bond donors (Lipinski definition) is 1. The first-order valence-corrected chi connectivity index (χ1v) is 5.75. The Balaban J connectivity index is 2.45. The van der Waals surface area contributed by atoms with Crippen molar-refractivity contribution in [1.82, 2.24) is 5.32 Å². The van der Waals surface area contributed by atoms with Gasteiger partial charge in [-0.15, -0.1) is 0 Å². The Kier molecular flexibility index (Phi) is 3.33. The quantitative estimate of drug-likeness (QED) is 0.921. The van der Waals surface area contributed by atoms with Gasteiger partial charge in [-0.1, -0.05) is 0 Å². The van der Waals surface area contributed by atoms with Crippen molar-refractivity contribution in [2.24, 2.45) is 4.99 Å². The second-order valence-electron chi connectivity index (χ2n) is 3.35. The molecule has 1 aliphatic heterocycles. The number of methoxy groups -OCH3 is 2. The summed E-state index contributed by atoms with van der Waals surface area (Å²) in [5.74, 6) is 2.30. The van der Waals surface area contributed by atoms with E-state index in [0.717, 1.165) is 29.0 Å². The van der Waals surface area contributed by atoms with Gasteiger partial charge in [-0.05, 0) is 28.1 Å². The summed E-state index contributed by atoms with van der Waals surface area (Å²) >= 11 is 3.46. The summed E-state index contributed by atoms with van der Waals surface area (Å²) in [7, 11) is 3.24. The Morgan fingerprint density at radius 2 is 2.12 bits per heavy atom. The van der Waals surface area contributed by atoms with E-state index >= 15 is 0 Å². The third kappa shape index (κ3) is 2.00. The number of halogens is 1. The van der Waals surface area contributed by atoms with Crippen LogP contribution in [0.3, 0.4) is 0 Å². The van der Waals surface area contributed by atoms with Crippen LogP contribution < -0.4 is 14.8 Å². The molecule has 4 nitrogen and oxygen atoms in total. The SMILES string of the molecule is COc1cc(C2=NCCN2)cc(Br)c1OC. The molecule has 86 valence electrons. The van der Waals surface area contributed by atoms with E-state index in [1.54, 1.807) is 14.2 Å². The van der Waals surface area contributed by atoms with Crippen LogP contribution in [0, 0.1) is 0 Å². The predicted octanol–water partition coefficient (Wildman–Crippen LogP) is 1.82. The fourth-order valence-electron chi connectivity index (χ4n) is 1.65. The predicted molar refractivity (Wildman–Crippen MR) is 66.7 cm³/mol. The molecule has 0 atom stereocenters. The Morgan fingerprint density at radius 3 is 2.69 bits per heavy atom. The van der Waals surface area contributed by atoms with Crippen molar-refractivity contribution in [3.8, 4) is 11.5 Å². The lowest BCUT2D eigenvalue weighted by atomic mass is 10.2. The smallest absolute Gasteiger partial charge is 0.174 e. The van der Waals surface area contributed by atoms with Gasteiger partial charge in [0, 0.05) is 12.1 Å². The zero-order valence-electron chi connectivity index (χ0n) is 9.21. The molecule has 0 saturated heterocycles. The minimum atomic E-state index is 0.697. The maximum Gasteiger partial charge on any atom is 0.174 e. The van der Waals surface area contributed by atoms with E-state index in [0.29, 0.717) is 11.5 Å². The fourth-order valence-corrected chi connectivity index (χ4v) is 2.25. The molecule has 0 spiro atoms. The molecule has 16 heavy (non-hydrogen) atoms. The first kappa shape index (κ1) is 11.3. The van der Waals surface area contributed by atoms with Crippen molar-refractivity contribution in [3.63, 3.8) is 0 Å². The molecular weight excluding hydrogens is 272 g/mol. The zero-order chi connectivity index (χ0) is 11.5. The summed E-state index contributed by atoms with van der Waals surface area (Å²) in [5, 5.41) is 3.22. The zero-order valence-corrected chi connectivity index (χ0v) is 10.8. The number of amidine groups is 1. The van der Waals surface area contributed by atoms with Gasteiger partial charge in [0.15, 0.2) is 11.5 Å². The molecule has 2 rings (SSSR count). The van der Waals surface area contributed by atoms with Crippen LogP contribution in [-0.4, -0.2) is 33.1 Å². The number of benzene rings is 1. The second kappa shape index (κ2) is 4.74. The molecule has 5 heteroatoms. The maximum absolute atomic E-state index is 5.28. The number of hydrogen-bond acceptors (Lipinski definition) is 4. The Hall–Kier alpha value is -1.23. The Bertz CT molecular complexity index is 432. The van der Waals surface area contributed by atoms with Gasteiger partial charge in [-0.3, -0.25) is 4.99 Å². The van der Waals surface area contributed by atoms with Crippen molar-refractivity contribution in [3.05, 3.63) is 22.2 Å². The molecule has 1 aromatic rings. The summed E-state index contributed by atoms with van der Waals surface area (Å²) in [4.78, 5) is 4.37. The van der Waals surface area contributed by atoms with Gasteiger partial charge in [0.1, 0.15) is 5.84 Å². The van der Waals surface area contributed by atoms with E-state index in [4.69, 9.17) is 9.47 Å². The highest BCUT2D eigenvalue weighted by Gasteiger charge is 2.15. The van der Waals surface area contributed by atoms with E-state index in [1.165, 1.54) is 0 Å². The van der Waals surface area contributed by atoms with E-state index in [1.807, 2.05) is 12.1 Å². The van der Waals surface area contributed by atoms with Gasteiger partial charge >= 0.3 is 0 Å². The van der Waals surface area contributed by atoms with Gasteiger partial charge in [0.05, 0.1) is 25.2 Å². The molecule has 0 fully saturated rings. The van der Waals surface area contributed by atoms with E-state index in [9.17, 15) is 0 Å². The minimum Gasteiger partial charge on any atom is -0.493 e. The number of nitrogens with one attached hydrogen (secondary N) is 1. The van der Waals surface area contributed by atoms with Crippen LogP contribution in [0.2, 0.25) is 0 Å². The minimum absolute atomic E-state index is 0.697. The molecule has 0 saturated carbocycles. The van der Waals surface area contributed by atoms with Gasteiger partial charge in [0.25, 0.3) is 0 Å². The summed E-state index contributed by atoms with van der Waals surface area (Å²) < 4.78 is 11.4. The third-order valence-corrected chi connectivity index (χ3v) is 2.97. The average molecular weight is 285 g/mol. The van der Waals surface area contributed by atoms with Crippen molar-refractivity contribution in [2.75, 3.05) is 27.3 Å². The molecule has 0 radical (unpaired) electrons. The third-order valence-electron chi connectivity index (χ3n) is 2.38. The molecule has 1 N–H and O–H groups in total. The van der Waals surface area contributed by atoms with Crippen molar-refractivity contribution in [1.29, 1.82) is 0 Å². The first-order valence-electron chi connectivity index (χ1n) is 4.96. The lowest BCUT2D eigenvalue weighted by Gasteiger charge is -2.12. The number of ether oxygens (including phenoxy) is 2. The van der Waals surface area contributed by atoms with Crippen LogP contribution in [0.1, 0.15) is 5.56 Å². The fraction of sp³-hybridized carbons (Fsp3) is 0.364. The Morgan fingerprint density at radius 1 is 1.31 bits per heavy atom. The molecule has 1 aliphatic rings. The van der Waals surface area contributed by atoms with Crippen molar-refractivity contribution < 1.29 is 9.47 Å². The molecule has 0 bridgehead atoms. The summed E-state index contributed by atoms with van der Waals surface area (Å²) in [6, 6.07) is 3.89. The van der Waals surface area contributed by atoms with Gasteiger partial charge < -0.3 is 14.8 Å². The normalized spacial score (nSPS) is 14.3. The molecule has 1 heterocycles. The highest BCUT2D eigenvalue weighted by molar-refractivity contribution is 9.10. The standard InChI is InChI=1S/C11H13BrN2O2/c1-15-9-6-7(11-13-3-4-14-11)5-8(12)10(9)16-2/h5-6H,3-4H2,1-2H3,(H,13,14). The average Bonchev–Trinajstić information content (AvgIpc) is 2.81. The van der Waals surface area contributed by atoms with Crippen LogP contribution in [0.25, 0.3) is 0 Å². The monoisotopic (exact) mass is 284 g/mol. The topological polar surface area (TPSA) is 42.8 Å². The van der Waals surface area contributed by atoms with Gasteiger partial charge in [-0.2, -0.15) is 0 Å². The molecule has 0 aromatic heterocycles. The molecule has 1 aromatic carbocycles. The van der Waals surface area contributed by atoms with E-state index in [-0.39, 0.29) is 0 Å². The highest BCUT2D eigenvalue weighted by Crippen LogP contribution is 2.36. The molecule has 0 amide bonds. The summed E-state index contributed by atoms with van der Waals surface area (Å²) in [6.07, 6.45) is 0. The van der Waals surface area contributed by atoms with Crippen molar-refractivity contribution >= 4 is 21.8 Å². The number of aliphatic imine (C=N–C) groups is 1. The van der Waals surface area contributed by atoms with E-state index in [2.05, 4.69) is 26.2 Å². The lowest BCUT2D eigenvalue weighted by Crippen LogP contribution is -2.19. The Labute approximate surface area is 103 Å². The van der Waals surface area contributed by atoms with Crippen LogP contribution in [0.5, 0.6) is 11.5 Å². The van der Waals surface area contributed by atoms with Crippen LogP contribution in [0.4, 0.5) is 0 Å². The second-order valence-corrected chi connectivity index (χ2v) is 4.21. The first-order chi connectivity index (χ1) is 7.76. The largest absolute Gasteiger partial charge is 0.493 e. The van der Waals surface area contributed by atoms with Crippen molar-refractivity contribution in [2.45, 2.75) is 0 Å². The summed E-state index contributed by atoms with van der Waals surface area (Å²) in [6.45, 7) is 1.71. The van der Waals surface area contributed by atoms with Crippen LogP contribution in [-0.2, 0) is 0 Å². The molecular formula is C11H13BrN2O2. The van der Waals surface area contributed by atoms with Crippen LogP contribution in [0.15, 0.2) is 21.6 Å². The number of rotatable bonds is 3. The summed E-state index contributed by atoms with van der Waals surface area (Å²) in [5.41, 5.74) is 1.00. The van der Waals surface area contributed by atoms with Crippen LogP contribution >= 0.6 is 15.9 Å². The van der Waals surface area contributed by atoms with Gasteiger partial charge in [0.2, 0.25) is 0 Å². The molecule has 0 unspecified atom stereocenters. The number of nitrogens with zero attached hydrogens (tertiary/aromatic N) is 1. The van der Waals surface area contributed by atoms with E-state index < -0.39 is 0 Å². The highest BCUT2D eigenvalue weighted by atomic mass is 79.9. The molecule has 0 aliphatic carbocycles.